The van der Waals surface area contributed by atoms with E-state index in [-0.39, 0.29) is 0 Å². The molecule has 0 saturated carbocycles. The van der Waals surface area contributed by atoms with Crippen LogP contribution in [-0.4, -0.2) is 0 Å². The molecule has 0 unspecified atom stereocenters. The number of aryl methyl sites for hydroxylation is 2. The summed E-state index contributed by atoms with van der Waals surface area (Å²) in [6.07, 6.45) is 0. The highest BCUT2D eigenvalue weighted by Gasteiger charge is 2.13. The third kappa shape index (κ3) is 3.64. The van der Waals surface area contributed by atoms with Crippen LogP contribution in [0.2, 0.25) is 0 Å². The van der Waals surface area contributed by atoms with E-state index < -0.39 is 0 Å². The van der Waals surface area contributed by atoms with Gasteiger partial charge in [0.1, 0.15) is 11.2 Å². The molecule has 0 saturated heterocycles. The summed E-state index contributed by atoms with van der Waals surface area (Å²) in [6, 6.07) is 40.8. The molecule has 0 aliphatic heterocycles. The standard InChI is InChI=1S/C32H25NO/c1-22-7-14-26(15-8-22)33(27-16-9-23(2)10-17-27)28-18-11-24(12-19-28)25-13-20-32-30(21-25)29-5-3-4-6-31(29)34-32/h3-21H,1-2H3. The number of fused-ring (bicyclic) bond motifs is 3. The lowest BCUT2D eigenvalue weighted by atomic mass is 10.0. The van der Waals surface area contributed by atoms with Crippen molar-refractivity contribution in [3.8, 4) is 11.1 Å². The van der Waals surface area contributed by atoms with Gasteiger partial charge in [-0.2, -0.15) is 0 Å². The van der Waals surface area contributed by atoms with Crippen molar-refractivity contribution in [3.05, 3.63) is 126 Å². The fraction of sp³-hybridized carbons (Fsp3) is 0.0625. The first kappa shape index (κ1) is 20.3. The topological polar surface area (TPSA) is 16.4 Å². The Morgan fingerprint density at radius 1 is 0.471 bits per heavy atom. The summed E-state index contributed by atoms with van der Waals surface area (Å²) in [6.45, 7) is 4.24. The second-order valence-electron chi connectivity index (χ2n) is 8.86. The minimum absolute atomic E-state index is 0.923. The highest BCUT2D eigenvalue weighted by Crippen LogP contribution is 2.37. The fourth-order valence-electron chi connectivity index (χ4n) is 4.54. The fourth-order valence-corrected chi connectivity index (χ4v) is 4.54. The van der Waals surface area contributed by atoms with Crippen LogP contribution in [0, 0.1) is 13.8 Å². The van der Waals surface area contributed by atoms with Gasteiger partial charge in [0.05, 0.1) is 0 Å². The lowest BCUT2D eigenvalue weighted by molar-refractivity contribution is 0.669. The second kappa shape index (κ2) is 8.24. The SMILES string of the molecule is Cc1ccc(N(c2ccc(C)cc2)c2ccc(-c3ccc4oc5ccccc5c4c3)cc2)cc1. The van der Waals surface area contributed by atoms with E-state index in [1.165, 1.54) is 22.3 Å². The maximum Gasteiger partial charge on any atom is 0.135 e. The average Bonchev–Trinajstić information content (AvgIpc) is 3.25. The third-order valence-electron chi connectivity index (χ3n) is 6.42. The summed E-state index contributed by atoms with van der Waals surface area (Å²) in [5.74, 6) is 0. The van der Waals surface area contributed by atoms with Crippen molar-refractivity contribution in [2.45, 2.75) is 13.8 Å². The summed E-state index contributed by atoms with van der Waals surface area (Å²) in [7, 11) is 0. The Morgan fingerprint density at radius 2 is 0.971 bits per heavy atom. The Kier molecular flexibility index (Phi) is 4.92. The maximum atomic E-state index is 6.00. The molecule has 0 N–H and O–H groups in total. The van der Waals surface area contributed by atoms with Crippen LogP contribution in [0.15, 0.2) is 120 Å². The zero-order valence-electron chi connectivity index (χ0n) is 19.3. The number of benzene rings is 5. The molecular weight excluding hydrogens is 414 g/mol. The summed E-state index contributed by atoms with van der Waals surface area (Å²) in [5, 5.41) is 2.30. The number of furan rings is 1. The molecule has 0 aliphatic rings. The molecule has 1 heterocycles. The summed E-state index contributed by atoms with van der Waals surface area (Å²) in [4.78, 5) is 2.30. The molecule has 0 radical (unpaired) electrons. The van der Waals surface area contributed by atoms with Gasteiger partial charge in [-0.3, -0.25) is 0 Å². The molecule has 0 aliphatic carbocycles. The normalized spacial score (nSPS) is 11.2. The van der Waals surface area contributed by atoms with E-state index in [9.17, 15) is 0 Å². The molecule has 1 aromatic heterocycles. The first-order valence-electron chi connectivity index (χ1n) is 11.6. The Balaban J connectivity index is 1.41. The van der Waals surface area contributed by atoms with Gasteiger partial charge >= 0.3 is 0 Å². The van der Waals surface area contributed by atoms with Crippen LogP contribution in [0.4, 0.5) is 17.1 Å². The number of nitrogens with zero attached hydrogens (tertiary/aromatic N) is 1. The Bertz CT molecular complexity index is 1550. The van der Waals surface area contributed by atoms with Gasteiger partial charge in [0.2, 0.25) is 0 Å². The first-order valence-corrected chi connectivity index (χ1v) is 11.6. The van der Waals surface area contributed by atoms with E-state index in [0.717, 1.165) is 39.0 Å². The van der Waals surface area contributed by atoms with E-state index in [1.54, 1.807) is 0 Å². The maximum absolute atomic E-state index is 6.00. The van der Waals surface area contributed by atoms with Crippen LogP contribution in [0.5, 0.6) is 0 Å². The quantitative estimate of drug-likeness (QED) is 0.272. The van der Waals surface area contributed by atoms with Gasteiger partial charge in [0, 0.05) is 27.8 Å². The van der Waals surface area contributed by atoms with E-state index in [4.69, 9.17) is 4.42 Å². The van der Waals surface area contributed by atoms with Crippen LogP contribution in [-0.2, 0) is 0 Å². The molecule has 164 valence electrons. The number of rotatable bonds is 4. The first-order chi connectivity index (χ1) is 16.7. The van der Waals surface area contributed by atoms with E-state index in [1.807, 2.05) is 12.1 Å². The largest absolute Gasteiger partial charge is 0.456 e. The molecule has 34 heavy (non-hydrogen) atoms. The van der Waals surface area contributed by atoms with Gasteiger partial charge in [0.15, 0.2) is 0 Å². The Morgan fingerprint density at radius 3 is 1.59 bits per heavy atom. The number of hydrogen-bond donors (Lipinski definition) is 0. The van der Waals surface area contributed by atoms with Gasteiger partial charge in [0.25, 0.3) is 0 Å². The summed E-state index contributed by atoms with van der Waals surface area (Å²) >= 11 is 0. The molecule has 2 heteroatoms. The number of para-hydroxylation sites is 1. The van der Waals surface area contributed by atoms with Crippen molar-refractivity contribution in [1.82, 2.24) is 0 Å². The van der Waals surface area contributed by atoms with Gasteiger partial charge in [-0.1, -0.05) is 71.8 Å². The lowest BCUT2D eigenvalue weighted by Crippen LogP contribution is -2.09. The molecule has 6 aromatic rings. The third-order valence-corrected chi connectivity index (χ3v) is 6.42. The highest BCUT2D eigenvalue weighted by atomic mass is 16.3. The zero-order chi connectivity index (χ0) is 23.1. The van der Waals surface area contributed by atoms with E-state index >= 15 is 0 Å². The van der Waals surface area contributed by atoms with Gasteiger partial charge < -0.3 is 9.32 Å². The molecule has 6 rings (SSSR count). The monoisotopic (exact) mass is 439 g/mol. The minimum Gasteiger partial charge on any atom is -0.456 e. The van der Waals surface area contributed by atoms with Crippen LogP contribution < -0.4 is 4.90 Å². The summed E-state index contributed by atoms with van der Waals surface area (Å²) in [5.41, 5.74) is 10.2. The molecule has 0 amide bonds. The molecule has 0 spiro atoms. The second-order valence-corrected chi connectivity index (χ2v) is 8.86. The van der Waals surface area contributed by atoms with Gasteiger partial charge in [-0.25, -0.2) is 0 Å². The molecule has 2 nitrogen and oxygen atoms in total. The van der Waals surface area contributed by atoms with Crippen LogP contribution in [0.25, 0.3) is 33.1 Å². The Hall–Kier alpha value is -4.30. The van der Waals surface area contributed by atoms with Crippen LogP contribution in [0.1, 0.15) is 11.1 Å². The highest BCUT2D eigenvalue weighted by molar-refractivity contribution is 6.06. The molecular formula is C32H25NO. The number of anilines is 3. The van der Waals surface area contributed by atoms with Crippen molar-refractivity contribution in [2.24, 2.45) is 0 Å². The van der Waals surface area contributed by atoms with Crippen LogP contribution in [0.3, 0.4) is 0 Å². The van der Waals surface area contributed by atoms with Crippen molar-refractivity contribution in [3.63, 3.8) is 0 Å². The van der Waals surface area contributed by atoms with Crippen molar-refractivity contribution in [1.29, 1.82) is 0 Å². The van der Waals surface area contributed by atoms with Crippen molar-refractivity contribution >= 4 is 39.0 Å². The van der Waals surface area contributed by atoms with E-state index in [2.05, 4.69) is 122 Å². The molecule has 0 bridgehead atoms. The lowest BCUT2D eigenvalue weighted by Gasteiger charge is -2.26. The summed E-state index contributed by atoms with van der Waals surface area (Å²) < 4.78 is 6.00. The molecule has 0 fully saturated rings. The smallest absolute Gasteiger partial charge is 0.135 e. The van der Waals surface area contributed by atoms with Gasteiger partial charge in [-0.15, -0.1) is 0 Å². The predicted molar refractivity (Wildman–Crippen MR) is 143 cm³/mol. The van der Waals surface area contributed by atoms with Crippen molar-refractivity contribution in [2.75, 3.05) is 4.90 Å². The molecule has 0 atom stereocenters. The zero-order valence-corrected chi connectivity index (χ0v) is 19.3. The average molecular weight is 440 g/mol. The van der Waals surface area contributed by atoms with E-state index in [0.29, 0.717) is 0 Å². The van der Waals surface area contributed by atoms with Crippen LogP contribution >= 0.6 is 0 Å². The predicted octanol–water partition coefficient (Wildman–Crippen LogP) is 9.34. The number of hydrogen-bond acceptors (Lipinski definition) is 2. The van der Waals surface area contributed by atoms with Crippen molar-refractivity contribution < 1.29 is 4.42 Å². The molecule has 5 aromatic carbocycles. The minimum atomic E-state index is 0.923. The van der Waals surface area contributed by atoms with Gasteiger partial charge in [-0.05, 0) is 79.6 Å². The Labute approximate surface area is 199 Å².